The summed E-state index contributed by atoms with van der Waals surface area (Å²) in [4.78, 5) is 22.5. The van der Waals surface area contributed by atoms with Crippen molar-refractivity contribution in [3.05, 3.63) is 0 Å². The van der Waals surface area contributed by atoms with Gasteiger partial charge < -0.3 is 5.32 Å². The van der Waals surface area contributed by atoms with Crippen LogP contribution >= 0.6 is 11.6 Å². The van der Waals surface area contributed by atoms with E-state index in [2.05, 4.69) is 10.6 Å². The van der Waals surface area contributed by atoms with Gasteiger partial charge in [0, 0.05) is 18.8 Å². The van der Waals surface area contributed by atoms with Gasteiger partial charge in [0.15, 0.2) is 0 Å². The first-order valence-corrected chi connectivity index (χ1v) is 6.86. The van der Waals surface area contributed by atoms with E-state index in [0.29, 0.717) is 12.5 Å². The fourth-order valence-electron chi connectivity index (χ4n) is 3.17. The monoisotopic (exact) mass is 258 g/mol. The Balaban J connectivity index is 1.65. The van der Waals surface area contributed by atoms with Crippen molar-refractivity contribution < 1.29 is 9.59 Å². The highest BCUT2D eigenvalue weighted by atomic mass is 35.5. The first-order valence-electron chi connectivity index (χ1n) is 6.32. The van der Waals surface area contributed by atoms with E-state index in [9.17, 15) is 9.59 Å². The van der Waals surface area contributed by atoms with Crippen LogP contribution in [0.2, 0.25) is 0 Å². The molecule has 3 atom stereocenters. The molecule has 2 rings (SSSR count). The summed E-state index contributed by atoms with van der Waals surface area (Å²) >= 11 is 5.41. The normalized spacial score (nSPS) is 30.3. The summed E-state index contributed by atoms with van der Waals surface area (Å²) in [6.07, 6.45) is 5.42. The van der Waals surface area contributed by atoms with Gasteiger partial charge in [0.1, 0.15) is 0 Å². The fraction of sp³-hybridized carbons (Fsp3) is 0.833. The minimum Gasteiger partial charge on any atom is -0.338 e. The van der Waals surface area contributed by atoms with Crippen molar-refractivity contribution in [3.63, 3.8) is 0 Å². The summed E-state index contributed by atoms with van der Waals surface area (Å²) in [6.45, 7) is 0.696. The first-order chi connectivity index (χ1) is 8.19. The average molecular weight is 259 g/mol. The zero-order valence-electron chi connectivity index (χ0n) is 9.88. The lowest BCUT2D eigenvalue weighted by molar-refractivity contribution is -0.119. The van der Waals surface area contributed by atoms with Gasteiger partial charge in [-0.3, -0.25) is 10.1 Å². The Kier molecular flexibility index (Phi) is 4.26. The van der Waals surface area contributed by atoms with Crippen molar-refractivity contribution in [2.45, 2.75) is 32.1 Å². The number of imide groups is 1. The molecule has 2 aliphatic carbocycles. The summed E-state index contributed by atoms with van der Waals surface area (Å²) in [5.41, 5.74) is 0. The molecule has 2 saturated carbocycles. The zero-order valence-corrected chi connectivity index (χ0v) is 10.6. The second-order valence-electron chi connectivity index (χ2n) is 5.13. The predicted molar refractivity (Wildman–Crippen MR) is 65.8 cm³/mol. The quantitative estimate of drug-likeness (QED) is 0.757. The van der Waals surface area contributed by atoms with E-state index in [4.69, 9.17) is 11.6 Å². The molecule has 2 aliphatic rings. The molecular weight excluding hydrogens is 240 g/mol. The van der Waals surface area contributed by atoms with Crippen LogP contribution in [0.25, 0.3) is 0 Å². The lowest BCUT2D eigenvalue weighted by Crippen LogP contribution is -2.42. The summed E-state index contributed by atoms with van der Waals surface area (Å²) < 4.78 is 0. The van der Waals surface area contributed by atoms with E-state index < -0.39 is 0 Å². The molecule has 0 aromatic rings. The summed E-state index contributed by atoms with van der Waals surface area (Å²) in [7, 11) is 0. The fourth-order valence-corrected chi connectivity index (χ4v) is 3.34. The van der Waals surface area contributed by atoms with Crippen LogP contribution in [-0.4, -0.2) is 24.4 Å². The van der Waals surface area contributed by atoms with Crippen molar-refractivity contribution in [3.8, 4) is 0 Å². The van der Waals surface area contributed by atoms with Gasteiger partial charge in [0.2, 0.25) is 5.91 Å². The highest BCUT2D eigenvalue weighted by molar-refractivity contribution is 6.19. The minimum atomic E-state index is -0.386. The lowest BCUT2D eigenvalue weighted by atomic mass is 9.89. The molecule has 0 spiro atoms. The first kappa shape index (κ1) is 12.7. The molecule has 0 aromatic carbocycles. The number of amides is 3. The van der Waals surface area contributed by atoms with E-state index in [1.54, 1.807) is 0 Å². The molecule has 3 amide bonds. The molecule has 2 bridgehead atoms. The van der Waals surface area contributed by atoms with Crippen molar-refractivity contribution in [2.24, 2.45) is 17.8 Å². The standard InChI is InChI=1S/C12H19ClN2O2/c13-4-3-11(16)15-12(17)14-7-10-6-8-1-2-9(10)5-8/h8-10H,1-7H2,(H2,14,15,16,17). The number of halogens is 1. The summed E-state index contributed by atoms with van der Waals surface area (Å²) in [5.74, 6) is 2.21. The summed E-state index contributed by atoms with van der Waals surface area (Å²) in [6, 6.07) is -0.386. The second kappa shape index (κ2) is 5.71. The molecule has 96 valence electrons. The van der Waals surface area contributed by atoms with Crippen LogP contribution in [0.5, 0.6) is 0 Å². The van der Waals surface area contributed by atoms with Crippen LogP contribution in [-0.2, 0) is 4.79 Å². The van der Waals surface area contributed by atoms with Crippen molar-refractivity contribution in [1.29, 1.82) is 0 Å². The number of carbonyl (C=O) groups excluding carboxylic acids is 2. The minimum absolute atomic E-state index is 0.184. The van der Waals surface area contributed by atoms with E-state index in [-0.39, 0.29) is 24.2 Å². The molecule has 4 nitrogen and oxygen atoms in total. The predicted octanol–water partition coefficient (Wildman–Crippen LogP) is 1.88. The van der Waals surface area contributed by atoms with Crippen LogP contribution in [0.15, 0.2) is 0 Å². The van der Waals surface area contributed by atoms with Gasteiger partial charge in [0.25, 0.3) is 0 Å². The van der Waals surface area contributed by atoms with Gasteiger partial charge in [-0.25, -0.2) is 4.79 Å². The summed E-state index contributed by atoms with van der Waals surface area (Å²) in [5, 5.41) is 5.06. The third-order valence-electron chi connectivity index (χ3n) is 3.98. The Morgan fingerprint density at radius 3 is 2.65 bits per heavy atom. The topological polar surface area (TPSA) is 58.2 Å². The van der Waals surface area contributed by atoms with Crippen molar-refractivity contribution in [1.82, 2.24) is 10.6 Å². The number of alkyl halides is 1. The maximum absolute atomic E-state index is 11.4. The van der Waals surface area contributed by atoms with Gasteiger partial charge in [-0.05, 0) is 37.0 Å². The molecule has 2 N–H and O–H groups in total. The van der Waals surface area contributed by atoms with Crippen molar-refractivity contribution in [2.75, 3.05) is 12.4 Å². The molecule has 0 aromatic heterocycles. The molecule has 5 heteroatoms. The maximum Gasteiger partial charge on any atom is 0.321 e. The van der Waals surface area contributed by atoms with E-state index >= 15 is 0 Å². The lowest BCUT2D eigenvalue weighted by Gasteiger charge is -2.21. The van der Waals surface area contributed by atoms with Crippen LogP contribution in [0.3, 0.4) is 0 Å². The molecule has 0 aliphatic heterocycles. The van der Waals surface area contributed by atoms with Crippen molar-refractivity contribution >= 4 is 23.5 Å². The Bertz CT molecular complexity index is 309. The maximum atomic E-state index is 11.4. The molecule has 3 unspecified atom stereocenters. The largest absolute Gasteiger partial charge is 0.338 e. The number of fused-ring (bicyclic) bond motifs is 2. The Labute approximate surface area is 106 Å². The number of hydrogen-bond donors (Lipinski definition) is 2. The van der Waals surface area contributed by atoms with E-state index in [0.717, 1.165) is 11.8 Å². The zero-order chi connectivity index (χ0) is 12.3. The van der Waals surface area contributed by atoms with Gasteiger partial charge in [-0.1, -0.05) is 6.42 Å². The highest BCUT2D eigenvalue weighted by Gasteiger charge is 2.39. The van der Waals surface area contributed by atoms with Crippen LogP contribution in [0.1, 0.15) is 32.1 Å². The molecular formula is C12H19ClN2O2. The number of carbonyl (C=O) groups is 2. The van der Waals surface area contributed by atoms with Crippen LogP contribution in [0, 0.1) is 17.8 Å². The third-order valence-corrected chi connectivity index (χ3v) is 4.17. The van der Waals surface area contributed by atoms with Gasteiger partial charge in [-0.15, -0.1) is 11.6 Å². The Morgan fingerprint density at radius 2 is 2.06 bits per heavy atom. The second-order valence-corrected chi connectivity index (χ2v) is 5.51. The SMILES string of the molecule is O=C(CCCl)NC(=O)NCC1CC2CCC1C2. The number of hydrogen-bond acceptors (Lipinski definition) is 2. The highest BCUT2D eigenvalue weighted by Crippen LogP contribution is 2.47. The number of urea groups is 1. The molecule has 0 heterocycles. The smallest absolute Gasteiger partial charge is 0.321 e. The number of nitrogens with one attached hydrogen (secondary N) is 2. The molecule has 17 heavy (non-hydrogen) atoms. The van der Waals surface area contributed by atoms with Gasteiger partial charge in [0.05, 0.1) is 0 Å². The van der Waals surface area contributed by atoms with Crippen LogP contribution < -0.4 is 10.6 Å². The van der Waals surface area contributed by atoms with Gasteiger partial charge in [-0.2, -0.15) is 0 Å². The Morgan fingerprint density at radius 1 is 1.24 bits per heavy atom. The van der Waals surface area contributed by atoms with Crippen LogP contribution in [0.4, 0.5) is 4.79 Å². The average Bonchev–Trinajstić information content (AvgIpc) is 2.88. The number of rotatable bonds is 4. The molecule has 2 fully saturated rings. The van der Waals surface area contributed by atoms with E-state index in [1.807, 2.05) is 0 Å². The molecule has 0 saturated heterocycles. The molecule has 0 radical (unpaired) electrons. The van der Waals surface area contributed by atoms with Gasteiger partial charge >= 0.3 is 6.03 Å². The third kappa shape index (κ3) is 3.35. The Hall–Kier alpha value is -0.770. The van der Waals surface area contributed by atoms with E-state index in [1.165, 1.54) is 25.7 Å².